The largest absolute Gasteiger partial charge is 0.484 e. The molecule has 0 spiro atoms. The van der Waals surface area contributed by atoms with Gasteiger partial charge in [0, 0.05) is 10.6 Å². The highest BCUT2D eigenvalue weighted by Crippen LogP contribution is 2.14. The number of allylic oxidation sites excluding steroid dienone is 1. The molecule has 2 N–H and O–H groups in total. The molecule has 112 valence electrons. The predicted molar refractivity (Wildman–Crippen MR) is 85.9 cm³/mol. The first-order valence-corrected chi connectivity index (χ1v) is 6.91. The molecule has 0 aliphatic rings. The molecule has 5 heteroatoms. The fraction of sp³-hybridized carbons (Fsp3) is 0.0588. The molecule has 22 heavy (non-hydrogen) atoms. The van der Waals surface area contributed by atoms with Crippen LogP contribution in [0, 0.1) is 0 Å². The number of amides is 1. The third kappa shape index (κ3) is 4.75. The first kappa shape index (κ1) is 15.8. The molecule has 0 saturated carbocycles. The predicted octanol–water partition coefficient (Wildman–Crippen LogP) is 3.10. The van der Waals surface area contributed by atoms with E-state index in [9.17, 15) is 9.59 Å². The van der Waals surface area contributed by atoms with Gasteiger partial charge in [-0.1, -0.05) is 29.8 Å². The molecule has 1 amide bonds. The number of carbonyl (C=O) groups excluding carboxylic acids is 2. The highest BCUT2D eigenvalue weighted by Gasteiger charge is 2.03. The molecule has 0 radical (unpaired) electrons. The summed E-state index contributed by atoms with van der Waals surface area (Å²) in [6.45, 7) is -0.191. The number of rotatable bonds is 6. The molecule has 0 aromatic heterocycles. The average molecular weight is 316 g/mol. The molecule has 0 atom stereocenters. The second kappa shape index (κ2) is 7.43. The third-order valence-corrected chi connectivity index (χ3v) is 3.07. The van der Waals surface area contributed by atoms with E-state index in [4.69, 9.17) is 22.1 Å². The molecule has 0 bridgehead atoms. The fourth-order valence-corrected chi connectivity index (χ4v) is 1.84. The van der Waals surface area contributed by atoms with Crippen LogP contribution >= 0.6 is 11.6 Å². The zero-order valence-electron chi connectivity index (χ0n) is 11.7. The van der Waals surface area contributed by atoms with Gasteiger partial charge in [0.2, 0.25) is 0 Å². The first-order chi connectivity index (χ1) is 10.5. The van der Waals surface area contributed by atoms with Crippen molar-refractivity contribution < 1.29 is 14.3 Å². The van der Waals surface area contributed by atoms with Gasteiger partial charge in [0.15, 0.2) is 12.4 Å². The van der Waals surface area contributed by atoms with Crippen LogP contribution in [0.3, 0.4) is 0 Å². The number of hydrogen-bond acceptors (Lipinski definition) is 3. The fourth-order valence-electron chi connectivity index (χ4n) is 1.71. The number of ether oxygens (including phenoxy) is 1. The van der Waals surface area contributed by atoms with E-state index < -0.39 is 5.91 Å². The van der Waals surface area contributed by atoms with Gasteiger partial charge in [-0.25, -0.2) is 0 Å². The average Bonchev–Trinajstić information content (AvgIpc) is 2.52. The zero-order valence-corrected chi connectivity index (χ0v) is 12.4. The quantitative estimate of drug-likeness (QED) is 0.658. The third-order valence-electron chi connectivity index (χ3n) is 2.82. The second-order valence-corrected chi connectivity index (χ2v) is 4.96. The van der Waals surface area contributed by atoms with Crippen LogP contribution in [-0.4, -0.2) is 18.3 Å². The summed E-state index contributed by atoms with van der Waals surface area (Å²) in [5.74, 6) is -0.195. The van der Waals surface area contributed by atoms with Crippen LogP contribution < -0.4 is 10.5 Å². The molecule has 0 heterocycles. The van der Waals surface area contributed by atoms with Crippen molar-refractivity contribution in [3.63, 3.8) is 0 Å². The molecule has 0 unspecified atom stereocenters. The Bertz CT molecular complexity index is 691. The highest BCUT2D eigenvalue weighted by molar-refractivity contribution is 6.30. The van der Waals surface area contributed by atoms with Crippen LogP contribution in [0.1, 0.15) is 15.9 Å². The van der Waals surface area contributed by atoms with Crippen molar-refractivity contribution in [1.29, 1.82) is 0 Å². The van der Waals surface area contributed by atoms with Crippen molar-refractivity contribution in [2.24, 2.45) is 5.73 Å². The minimum absolute atomic E-state index is 0.128. The van der Waals surface area contributed by atoms with E-state index >= 15 is 0 Å². The van der Waals surface area contributed by atoms with Gasteiger partial charge in [-0.15, -0.1) is 0 Å². The molecule has 2 aromatic carbocycles. The van der Waals surface area contributed by atoms with E-state index in [-0.39, 0.29) is 12.4 Å². The standard InChI is InChI=1S/C17H14ClNO3/c18-14-6-1-12(2-7-14)3-10-16(20)13-4-8-15(9-5-13)22-11-17(19)21/h1-10H,11H2,(H2,19,21)/b10-3+. The summed E-state index contributed by atoms with van der Waals surface area (Å²) in [6.07, 6.45) is 3.21. The topological polar surface area (TPSA) is 69.4 Å². The SMILES string of the molecule is NC(=O)COc1ccc(C(=O)/C=C/c2ccc(Cl)cc2)cc1. The van der Waals surface area contributed by atoms with Gasteiger partial charge < -0.3 is 10.5 Å². The van der Waals surface area contributed by atoms with Crippen molar-refractivity contribution >= 4 is 29.4 Å². The minimum Gasteiger partial charge on any atom is -0.484 e. The van der Waals surface area contributed by atoms with Gasteiger partial charge in [0.05, 0.1) is 0 Å². The second-order valence-electron chi connectivity index (χ2n) is 4.53. The Labute approximate surface area is 133 Å². The van der Waals surface area contributed by atoms with Gasteiger partial charge in [0.25, 0.3) is 5.91 Å². The zero-order chi connectivity index (χ0) is 15.9. The number of halogens is 1. The molecular formula is C17H14ClNO3. The highest BCUT2D eigenvalue weighted by atomic mass is 35.5. The Kier molecular flexibility index (Phi) is 5.33. The first-order valence-electron chi connectivity index (χ1n) is 6.54. The summed E-state index contributed by atoms with van der Waals surface area (Å²) in [6, 6.07) is 13.7. The molecule has 0 fully saturated rings. The van der Waals surface area contributed by atoms with Gasteiger partial charge in [-0.05, 0) is 48.0 Å². The summed E-state index contributed by atoms with van der Waals surface area (Å²) in [5.41, 5.74) is 6.40. The van der Waals surface area contributed by atoms with Crippen LogP contribution in [0.5, 0.6) is 5.75 Å². The van der Waals surface area contributed by atoms with Gasteiger partial charge in [0.1, 0.15) is 5.75 Å². The van der Waals surface area contributed by atoms with Crippen LogP contribution in [0.15, 0.2) is 54.6 Å². The van der Waals surface area contributed by atoms with Crippen LogP contribution in [0.25, 0.3) is 6.08 Å². The van der Waals surface area contributed by atoms with E-state index in [0.717, 1.165) is 5.56 Å². The molecule has 2 aromatic rings. The maximum Gasteiger partial charge on any atom is 0.255 e. The van der Waals surface area contributed by atoms with Crippen molar-refractivity contribution in [2.45, 2.75) is 0 Å². The van der Waals surface area contributed by atoms with E-state index in [2.05, 4.69) is 0 Å². The number of carbonyl (C=O) groups is 2. The van der Waals surface area contributed by atoms with E-state index in [0.29, 0.717) is 16.3 Å². The Morgan fingerprint density at radius 1 is 1.05 bits per heavy atom. The van der Waals surface area contributed by atoms with Crippen LogP contribution in [0.2, 0.25) is 5.02 Å². The Morgan fingerprint density at radius 3 is 2.27 bits per heavy atom. The molecule has 4 nitrogen and oxygen atoms in total. The van der Waals surface area contributed by atoms with E-state index in [1.807, 2.05) is 12.1 Å². The van der Waals surface area contributed by atoms with E-state index in [1.54, 1.807) is 42.5 Å². The molecule has 0 saturated heterocycles. The lowest BCUT2D eigenvalue weighted by molar-refractivity contribution is -0.119. The Morgan fingerprint density at radius 2 is 1.68 bits per heavy atom. The van der Waals surface area contributed by atoms with Crippen LogP contribution in [-0.2, 0) is 4.79 Å². The summed E-state index contributed by atoms with van der Waals surface area (Å²) >= 11 is 5.80. The van der Waals surface area contributed by atoms with Crippen molar-refractivity contribution in [3.05, 3.63) is 70.8 Å². The monoisotopic (exact) mass is 315 g/mol. The maximum absolute atomic E-state index is 12.0. The normalized spacial score (nSPS) is 10.6. The van der Waals surface area contributed by atoms with Crippen molar-refractivity contribution in [1.82, 2.24) is 0 Å². The Hall–Kier alpha value is -2.59. The molecule has 0 aliphatic heterocycles. The van der Waals surface area contributed by atoms with Crippen molar-refractivity contribution in [3.8, 4) is 5.75 Å². The lowest BCUT2D eigenvalue weighted by Gasteiger charge is -2.03. The number of ketones is 1. The number of hydrogen-bond donors (Lipinski definition) is 1. The Balaban J connectivity index is 2.00. The van der Waals surface area contributed by atoms with Crippen molar-refractivity contribution in [2.75, 3.05) is 6.61 Å². The summed E-state index contributed by atoms with van der Waals surface area (Å²) < 4.78 is 5.13. The lowest BCUT2D eigenvalue weighted by Crippen LogP contribution is -2.19. The molecule has 2 rings (SSSR count). The summed E-state index contributed by atoms with van der Waals surface area (Å²) in [5, 5.41) is 0.648. The summed E-state index contributed by atoms with van der Waals surface area (Å²) in [7, 11) is 0. The molecular weight excluding hydrogens is 302 g/mol. The number of nitrogens with two attached hydrogens (primary N) is 1. The van der Waals surface area contributed by atoms with Gasteiger partial charge in [-0.2, -0.15) is 0 Å². The van der Waals surface area contributed by atoms with Crippen LogP contribution in [0.4, 0.5) is 0 Å². The lowest BCUT2D eigenvalue weighted by atomic mass is 10.1. The smallest absolute Gasteiger partial charge is 0.255 e. The number of benzene rings is 2. The molecule has 0 aliphatic carbocycles. The minimum atomic E-state index is -0.550. The number of primary amides is 1. The summed E-state index contributed by atoms with van der Waals surface area (Å²) in [4.78, 5) is 22.6. The van der Waals surface area contributed by atoms with E-state index in [1.165, 1.54) is 6.08 Å². The van der Waals surface area contributed by atoms with Gasteiger partial charge in [-0.3, -0.25) is 9.59 Å². The maximum atomic E-state index is 12.0. The van der Waals surface area contributed by atoms with Gasteiger partial charge >= 0.3 is 0 Å².